The van der Waals surface area contributed by atoms with Crippen molar-refractivity contribution in [2.45, 2.75) is 37.9 Å². The monoisotopic (exact) mass is 346 g/mol. The van der Waals surface area contributed by atoms with E-state index in [1.807, 2.05) is 81.4 Å². The van der Waals surface area contributed by atoms with Gasteiger partial charge in [-0.1, -0.05) is 81.4 Å². The topological polar surface area (TPSA) is 46.7 Å². The summed E-state index contributed by atoms with van der Waals surface area (Å²) in [5.74, 6) is -0.178. The Labute approximate surface area is 153 Å². The lowest BCUT2D eigenvalue weighted by Crippen LogP contribution is -2.44. The highest BCUT2D eigenvalue weighted by atomic mass is 16.6. The molecule has 5 rings (SSSR count). The van der Waals surface area contributed by atoms with E-state index in [0.717, 1.165) is 11.1 Å². The minimum absolute atomic E-state index is 0.00153. The number of carbonyl (C=O) groups excluding carboxylic acids is 2. The van der Waals surface area contributed by atoms with Gasteiger partial charge in [0.15, 0.2) is 23.3 Å². The molecule has 3 heteroatoms. The third kappa shape index (κ3) is 1.47. The Balaban J connectivity index is 1.77. The smallest absolute Gasteiger partial charge is 0.173 e. The van der Waals surface area contributed by atoms with Gasteiger partial charge in [-0.15, -0.1) is 0 Å². The van der Waals surface area contributed by atoms with Crippen LogP contribution in [0.1, 0.15) is 31.9 Å². The summed E-state index contributed by atoms with van der Waals surface area (Å²) in [7, 11) is 0. The molecule has 0 amide bonds. The fourth-order valence-corrected chi connectivity index (χ4v) is 5.73. The van der Waals surface area contributed by atoms with Gasteiger partial charge in [0.2, 0.25) is 0 Å². The third-order valence-corrected chi connectivity index (χ3v) is 7.10. The van der Waals surface area contributed by atoms with Crippen molar-refractivity contribution in [3.8, 4) is 0 Å². The van der Waals surface area contributed by atoms with Gasteiger partial charge < -0.3 is 4.74 Å². The van der Waals surface area contributed by atoms with Crippen molar-refractivity contribution in [2.24, 2.45) is 17.3 Å². The second-order valence-corrected chi connectivity index (χ2v) is 8.35. The first-order valence-electron chi connectivity index (χ1n) is 9.31. The van der Waals surface area contributed by atoms with E-state index in [0.29, 0.717) is 0 Å². The summed E-state index contributed by atoms with van der Waals surface area (Å²) in [4.78, 5) is 27.1. The molecule has 2 aliphatic carbocycles. The molecule has 3 fully saturated rings. The average Bonchev–Trinajstić information content (AvgIpc) is 3.54. The maximum atomic E-state index is 13.6. The van der Waals surface area contributed by atoms with Crippen LogP contribution in [-0.2, 0) is 19.7 Å². The second kappa shape index (κ2) is 4.72. The predicted octanol–water partition coefficient (Wildman–Crippen LogP) is 3.55. The fourth-order valence-electron chi connectivity index (χ4n) is 5.73. The van der Waals surface area contributed by atoms with E-state index in [9.17, 15) is 9.59 Å². The molecule has 2 aromatic rings. The molecule has 1 saturated heterocycles. The third-order valence-electron chi connectivity index (χ3n) is 7.10. The summed E-state index contributed by atoms with van der Waals surface area (Å²) in [6, 6.07) is 20.1. The number of hydrogen-bond donors (Lipinski definition) is 0. The van der Waals surface area contributed by atoms with Gasteiger partial charge in [-0.3, -0.25) is 9.59 Å². The maximum Gasteiger partial charge on any atom is 0.173 e. The minimum atomic E-state index is -0.910. The molecule has 4 atom stereocenters. The molecule has 0 bridgehead atoms. The fraction of sp³-hybridized carbons (Fsp3) is 0.391. The maximum absolute atomic E-state index is 13.6. The van der Waals surface area contributed by atoms with Crippen LogP contribution in [0.25, 0.3) is 0 Å². The van der Waals surface area contributed by atoms with Gasteiger partial charge in [0.05, 0.1) is 5.41 Å². The Morgan fingerprint density at radius 3 is 1.81 bits per heavy atom. The molecule has 3 nitrogen and oxygen atoms in total. The van der Waals surface area contributed by atoms with Gasteiger partial charge in [0.25, 0.3) is 0 Å². The Morgan fingerprint density at radius 2 is 1.35 bits per heavy atom. The molecule has 0 spiro atoms. The van der Waals surface area contributed by atoms with Crippen molar-refractivity contribution < 1.29 is 14.3 Å². The first-order valence-corrected chi connectivity index (χ1v) is 9.31. The number of hydrogen-bond acceptors (Lipinski definition) is 3. The number of carbonyl (C=O) groups is 2. The van der Waals surface area contributed by atoms with Crippen LogP contribution in [0.3, 0.4) is 0 Å². The summed E-state index contributed by atoms with van der Waals surface area (Å²) in [5, 5.41) is 0. The molecule has 1 heterocycles. The number of rotatable bonds is 3. The van der Waals surface area contributed by atoms with Gasteiger partial charge in [-0.2, -0.15) is 0 Å². The lowest BCUT2D eigenvalue weighted by Gasteiger charge is -2.23. The zero-order valence-electron chi connectivity index (χ0n) is 15.2. The lowest BCUT2D eigenvalue weighted by molar-refractivity contribution is -0.134. The van der Waals surface area contributed by atoms with Crippen molar-refractivity contribution in [3.05, 3.63) is 71.8 Å². The van der Waals surface area contributed by atoms with Crippen molar-refractivity contribution >= 4 is 11.6 Å². The molecule has 26 heavy (non-hydrogen) atoms. The van der Waals surface area contributed by atoms with E-state index in [1.54, 1.807) is 0 Å². The number of epoxide rings is 1. The molecule has 2 saturated carbocycles. The van der Waals surface area contributed by atoms with E-state index in [2.05, 4.69) is 0 Å². The Hall–Kier alpha value is -2.26. The van der Waals surface area contributed by atoms with Gasteiger partial charge in [-0.25, -0.2) is 0 Å². The van der Waals surface area contributed by atoms with E-state index < -0.39 is 22.5 Å². The molecular weight excluding hydrogens is 324 g/mol. The van der Waals surface area contributed by atoms with E-state index in [4.69, 9.17) is 4.74 Å². The largest absolute Gasteiger partial charge is 0.349 e. The highest BCUT2D eigenvalue weighted by molar-refractivity contribution is 6.17. The zero-order chi connectivity index (χ0) is 18.3. The van der Waals surface area contributed by atoms with Crippen molar-refractivity contribution in [1.29, 1.82) is 0 Å². The molecular formula is C23H22O3. The summed E-state index contributed by atoms with van der Waals surface area (Å²) in [5.41, 5.74) is -0.164. The summed E-state index contributed by atoms with van der Waals surface area (Å²) >= 11 is 0. The number of fused-ring (bicyclic) bond motifs is 2. The van der Waals surface area contributed by atoms with Crippen LogP contribution < -0.4 is 0 Å². The van der Waals surface area contributed by atoms with Crippen molar-refractivity contribution in [1.82, 2.24) is 0 Å². The number of ketones is 2. The molecule has 0 radical (unpaired) electrons. The van der Waals surface area contributed by atoms with Gasteiger partial charge in [-0.05, 0) is 17.0 Å². The van der Waals surface area contributed by atoms with Gasteiger partial charge >= 0.3 is 0 Å². The van der Waals surface area contributed by atoms with Crippen LogP contribution >= 0.6 is 0 Å². The average molecular weight is 346 g/mol. The Kier molecular flexibility index (Phi) is 2.89. The molecule has 1 aliphatic heterocycles. The zero-order valence-corrected chi connectivity index (χ0v) is 15.2. The molecule has 3 aliphatic rings. The van der Waals surface area contributed by atoms with Crippen LogP contribution in [0.5, 0.6) is 0 Å². The molecule has 2 aromatic carbocycles. The predicted molar refractivity (Wildman–Crippen MR) is 97.7 cm³/mol. The molecule has 0 N–H and O–H groups in total. The minimum Gasteiger partial charge on any atom is -0.349 e. The van der Waals surface area contributed by atoms with E-state index in [1.165, 1.54) is 0 Å². The standard InChI is InChI=1S/C23H22O3/c1-14(2)23-18(24)17-21(3,19(25)20(23)26-23)22(17,15-10-6-4-7-11-15)16-12-8-5-9-13-16/h4-14,17,20H,1-3H3/t17-,20+,21-,23-/m1/s1. The normalized spacial score (nSPS) is 36.5. The Morgan fingerprint density at radius 1 is 0.846 bits per heavy atom. The Bertz CT molecular complexity index is 877. The van der Waals surface area contributed by atoms with Crippen LogP contribution in [0.15, 0.2) is 60.7 Å². The van der Waals surface area contributed by atoms with Crippen LogP contribution in [-0.4, -0.2) is 23.3 Å². The lowest BCUT2D eigenvalue weighted by atomic mass is 9.75. The van der Waals surface area contributed by atoms with Crippen LogP contribution in [0.2, 0.25) is 0 Å². The first-order chi connectivity index (χ1) is 12.4. The van der Waals surface area contributed by atoms with Crippen molar-refractivity contribution in [2.75, 3.05) is 0 Å². The SMILES string of the molecule is CC(C)[C@]12O[C@H]1C(=O)[C@@]1(C)[C@@H](C2=O)C1(c1ccccc1)c1ccccc1. The molecule has 0 aromatic heterocycles. The van der Waals surface area contributed by atoms with Gasteiger partial charge in [0, 0.05) is 11.3 Å². The van der Waals surface area contributed by atoms with Crippen LogP contribution in [0.4, 0.5) is 0 Å². The summed E-state index contributed by atoms with van der Waals surface area (Å²) in [6.45, 7) is 5.91. The first kappa shape index (κ1) is 16.0. The number of Topliss-reactive ketones (excluding diaryl/α,β-unsaturated/α-hetero) is 2. The molecule has 0 unspecified atom stereocenters. The van der Waals surface area contributed by atoms with E-state index in [-0.39, 0.29) is 23.4 Å². The van der Waals surface area contributed by atoms with E-state index >= 15 is 0 Å². The highest BCUT2D eigenvalue weighted by Gasteiger charge is 2.91. The van der Waals surface area contributed by atoms with Crippen LogP contribution in [0, 0.1) is 17.3 Å². The second-order valence-electron chi connectivity index (χ2n) is 8.35. The highest BCUT2D eigenvalue weighted by Crippen LogP contribution is 2.79. The van der Waals surface area contributed by atoms with Crippen molar-refractivity contribution in [3.63, 3.8) is 0 Å². The number of benzene rings is 2. The summed E-state index contributed by atoms with van der Waals surface area (Å²) in [6.07, 6.45) is -0.578. The number of ether oxygens (including phenoxy) is 1. The van der Waals surface area contributed by atoms with Gasteiger partial charge in [0.1, 0.15) is 0 Å². The molecule has 132 valence electrons. The summed E-state index contributed by atoms with van der Waals surface area (Å²) < 4.78 is 5.78. The quantitative estimate of drug-likeness (QED) is 0.799.